The Bertz CT molecular complexity index is 270. The summed E-state index contributed by atoms with van der Waals surface area (Å²) in [6.07, 6.45) is 0. The van der Waals surface area contributed by atoms with E-state index in [0.29, 0.717) is 0 Å². The summed E-state index contributed by atoms with van der Waals surface area (Å²) >= 11 is 0. The summed E-state index contributed by atoms with van der Waals surface area (Å²) in [5, 5.41) is 1.88. The summed E-state index contributed by atoms with van der Waals surface area (Å²) < 4.78 is 12.5. The summed E-state index contributed by atoms with van der Waals surface area (Å²) in [5.74, 6) is -0.0787. The molecule has 98 valence electrons. The Hall–Kier alpha value is 0.150. The second kappa shape index (κ2) is 4.80. The van der Waals surface area contributed by atoms with Gasteiger partial charge < -0.3 is 9.40 Å². The quantitative estimate of drug-likeness (QED) is 0.565. The van der Waals surface area contributed by atoms with E-state index in [9.17, 15) is 4.57 Å². The molecular weight excluding hydrogens is 221 g/mol. The first-order valence-corrected chi connectivity index (χ1v) is 8.37. The molecule has 4 heteroatoms. The minimum Gasteiger partial charge on any atom is -0.322 e. The summed E-state index contributed by atoms with van der Waals surface area (Å²) in [7, 11) is -0.613. The predicted octanol–water partition coefficient (Wildman–Crippen LogP) is 3.64. The van der Waals surface area contributed by atoms with Gasteiger partial charge in [-0.3, -0.25) is 0 Å². The minimum absolute atomic E-state index is 0.0787. The van der Waals surface area contributed by atoms with E-state index < -0.39 is 7.14 Å². The molecule has 0 aromatic heterocycles. The number of nitrogens with zero attached hydrogens (tertiary/aromatic N) is 1. The molecular formula is C12H28NO2P. The summed E-state index contributed by atoms with van der Waals surface area (Å²) in [6, 6.07) is 0. The van der Waals surface area contributed by atoms with Gasteiger partial charge in [0.2, 0.25) is 0 Å². The van der Waals surface area contributed by atoms with Crippen molar-refractivity contribution in [2.45, 2.75) is 52.9 Å². The van der Waals surface area contributed by atoms with Crippen molar-refractivity contribution in [3.8, 4) is 0 Å². The number of hydroxylamine groups is 2. The molecule has 0 saturated carbocycles. The van der Waals surface area contributed by atoms with E-state index in [4.69, 9.17) is 4.84 Å². The normalized spacial score (nSPS) is 16.6. The lowest BCUT2D eigenvalue weighted by Crippen LogP contribution is -2.52. The first-order valence-electron chi connectivity index (χ1n) is 5.70. The maximum Gasteiger partial charge on any atom is 0.101 e. The average molecular weight is 249 g/mol. The Morgan fingerprint density at radius 3 is 1.50 bits per heavy atom. The van der Waals surface area contributed by atoms with Crippen molar-refractivity contribution < 1.29 is 9.40 Å². The van der Waals surface area contributed by atoms with Crippen LogP contribution in [0.1, 0.15) is 41.5 Å². The van der Waals surface area contributed by atoms with Crippen LogP contribution < -0.4 is 0 Å². The van der Waals surface area contributed by atoms with Crippen LogP contribution >= 0.6 is 7.14 Å². The zero-order valence-electron chi connectivity index (χ0n) is 12.3. The molecule has 0 N–H and O–H groups in total. The number of hydrogen-bond acceptors (Lipinski definition) is 3. The topological polar surface area (TPSA) is 29.5 Å². The van der Waals surface area contributed by atoms with Crippen molar-refractivity contribution in [2.75, 3.05) is 20.4 Å². The average Bonchev–Trinajstić information content (AvgIpc) is 1.91. The summed E-state index contributed by atoms with van der Waals surface area (Å²) in [6.45, 7) is 16.2. The van der Waals surface area contributed by atoms with Gasteiger partial charge >= 0.3 is 0 Å². The molecule has 1 unspecified atom stereocenters. The highest BCUT2D eigenvalue weighted by Crippen LogP contribution is 2.53. The van der Waals surface area contributed by atoms with Gasteiger partial charge in [-0.2, -0.15) is 5.06 Å². The van der Waals surface area contributed by atoms with Crippen LogP contribution in [0.5, 0.6) is 0 Å². The molecule has 0 rings (SSSR count). The van der Waals surface area contributed by atoms with Crippen LogP contribution in [0.25, 0.3) is 0 Å². The number of rotatable bonds is 3. The van der Waals surface area contributed by atoms with Crippen molar-refractivity contribution >= 4 is 7.14 Å². The zero-order chi connectivity index (χ0) is 13.4. The van der Waals surface area contributed by atoms with E-state index in [2.05, 4.69) is 41.5 Å². The highest BCUT2D eigenvalue weighted by atomic mass is 31.2. The maximum absolute atomic E-state index is 12.5. The fourth-order valence-electron chi connectivity index (χ4n) is 2.28. The highest BCUT2D eigenvalue weighted by molar-refractivity contribution is 7.63. The third-order valence-corrected chi connectivity index (χ3v) is 4.61. The second-order valence-electron chi connectivity index (χ2n) is 6.85. The summed E-state index contributed by atoms with van der Waals surface area (Å²) in [4.78, 5) is 5.49. The SMILES string of the molecule is CON(C(C(C)(C)C)P(C)(C)=O)C(C)(C)C. The molecule has 0 aromatic carbocycles. The van der Waals surface area contributed by atoms with E-state index in [1.54, 1.807) is 7.11 Å². The lowest BCUT2D eigenvalue weighted by Gasteiger charge is -2.46. The Balaban J connectivity index is 5.44. The Morgan fingerprint density at radius 2 is 1.44 bits per heavy atom. The molecule has 0 aromatic rings. The Labute approximate surface area is 101 Å². The van der Waals surface area contributed by atoms with Crippen LogP contribution in [0.4, 0.5) is 0 Å². The van der Waals surface area contributed by atoms with E-state index in [-0.39, 0.29) is 16.7 Å². The van der Waals surface area contributed by atoms with Gasteiger partial charge in [-0.05, 0) is 39.5 Å². The minimum atomic E-state index is -2.27. The lowest BCUT2D eigenvalue weighted by atomic mass is 9.94. The first-order chi connectivity index (χ1) is 6.81. The van der Waals surface area contributed by atoms with E-state index >= 15 is 0 Å². The van der Waals surface area contributed by atoms with Crippen molar-refractivity contribution in [1.29, 1.82) is 0 Å². The molecule has 0 radical (unpaired) electrons. The van der Waals surface area contributed by atoms with Gasteiger partial charge in [-0.25, -0.2) is 0 Å². The van der Waals surface area contributed by atoms with Gasteiger partial charge in [0.25, 0.3) is 0 Å². The summed E-state index contributed by atoms with van der Waals surface area (Å²) in [5.41, 5.74) is -0.239. The van der Waals surface area contributed by atoms with Crippen molar-refractivity contribution in [2.24, 2.45) is 5.41 Å². The molecule has 3 nitrogen and oxygen atoms in total. The van der Waals surface area contributed by atoms with Gasteiger partial charge in [0.15, 0.2) is 0 Å². The van der Waals surface area contributed by atoms with Gasteiger partial charge in [-0.1, -0.05) is 20.8 Å². The van der Waals surface area contributed by atoms with Gasteiger partial charge in [0, 0.05) is 5.54 Å². The van der Waals surface area contributed by atoms with Crippen LogP contribution in [0.15, 0.2) is 0 Å². The van der Waals surface area contributed by atoms with Gasteiger partial charge in [0.1, 0.15) is 7.14 Å². The highest BCUT2D eigenvalue weighted by Gasteiger charge is 2.43. The fourth-order valence-corrected chi connectivity index (χ4v) is 5.09. The van der Waals surface area contributed by atoms with Crippen LogP contribution in [-0.2, 0) is 9.40 Å². The smallest absolute Gasteiger partial charge is 0.101 e. The van der Waals surface area contributed by atoms with Crippen LogP contribution in [0.2, 0.25) is 0 Å². The van der Waals surface area contributed by atoms with E-state index in [0.717, 1.165) is 0 Å². The molecule has 0 bridgehead atoms. The predicted molar refractivity (Wildman–Crippen MR) is 71.3 cm³/mol. The molecule has 1 atom stereocenters. The molecule has 0 heterocycles. The third kappa shape index (κ3) is 4.20. The number of hydrogen-bond donors (Lipinski definition) is 0. The van der Waals surface area contributed by atoms with Crippen LogP contribution in [0.3, 0.4) is 0 Å². The monoisotopic (exact) mass is 249 g/mol. The van der Waals surface area contributed by atoms with Crippen molar-refractivity contribution in [3.05, 3.63) is 0 Å². The fraction of sp³-hybridized carbons (Fsp3) is 1.00. The largest absolute Gasteiger partial charge is 0.322 e. The van der Waals surface area contributed by atoms with Crippen LogP contribution in [0, 0.1) is 5.41 Å². The van der Waals surface area contributed by atoms with Gasteiger partial charge in [0.05, 0.1) is 12.9 Å². The third-order valence-electron chi connectivity index (χ3n) is 2.44. The van der Waals surface area contributed by atoms with Gasteiger partial charge in [-0.15, -0.1) is 0 Å². The molecule has 16 heavy (non-hydrogen) atoms. The van der Waals surface area contributed by atoms with Crippen LogP contribution in [-0.4, -0.2) is 36.8 Å². The van der Waals surface area contributed by atoms with E-state index in [1.165, 1.54) is 0 Å². The Morgan fingerprint density at radius 1 is 1.06 bits per heavy atom. The van der Waals surface area contributed by atoms with Crippen molar-refractivity contribution in [1.82, 2.24) is 5.06 Å². The maximum atomic E-state index is 12.5. The molecule has 0 saturated heterocycles. The van der Waals surface area contributed by atoms with E-state index in [1.807, 2.05) is 18.4 Å². The molecule has 0 amide bonds. The first kappa shape index (κ1) is 16.1. The standard InChI is InChI=1S/C12H28NO2P/c1-11(2,3)10(16(8,9)14)13(15-7)12(4,5)6/h10H,1-9H3. The molecule has 0 aliphatic heterocycles. The molecule has 0 aliphatic rings. The molecule has 0 spiro atoms. The lowest BCUT2D eigenvalue weighted by molar-refractivity contribution is -0.213. The zero-order valence-corrected chi connectivity index (χ0v) is 13.2. The van der Waals surface area contributed by atoms with Crippen molar-refractivity contribution in [3.63, 3.8) is 0 Å². The molecule has 0 fully saturated rings. The Kier molecular flexibility index (Phi) is 4.84. The molecule has 0 aliphatic carbocycles. The second-order valence-corrected chi connectivity index (χ2v) is 10.2.